The van der Waals surface area contributed by atoms with E-state index in [9.17, 15) is 9.59 Å². The van der Waals surface area contributed by atoms with Gasteiger partial charge in [0, 0.05) is 70.2 Å². The van der Waals surface area contributed by atoms with E-state index in [1.807, 2.05) is 53.7 Å². The van der Waals surface area contributed by atoms with Crippen LogP contribution >= 0.6 is 0 Å². The maximum atomic E-state index is 12.8. The molecular formula is C26H28N6O2. The maximum absolute atomic E-state index is 12.8. The molecule has 0 saturated carbocycles. The Bertz CT molecular complexity index is 1320. The summed E-state index contributed by atoms with van der Waals surface area (Å²) < 4.78 is 3.72. The van der Waals surface area contributed by atoms with Gasteiger partial charge in [-0.15, -0.1) is 0 Å². The molecular weight excluding hydrogens is 428 g/mol. The second-order valence-corrected chi connectivity index (χ2v) is 8.54. The number of nitrogens with zero attached hydrogens (tertiary/aromatic N) is 6. The third-order valence-corrected chi connectivity index (χ3v) is 6.43. The molecule has 0 radical (unpaired) electrons. The first-order chi connectivity index (χ1) is 16.7. The molecule has 0 unspecified atom stereocenters. The Hall–Kier alpha value is -3.78. The molecule has 8 heteroatoms. The molecule has 2 aromatic heterocycles. The number of piperazine rings is 1. The SMILES string of the molecule is O=C(CCn1cnc2ccccc2c1=O)N1CCN(CCn2ccnc2-c2ccccc2)CC1. The Morgan fingerprint density at radius 3 is 2.41 bits per heavy atom. The molecule has 34 heavy (non-hydrogen) atoms. The van der Waals surface area contributed by atoms with Crippen molar-refractivity contribution in [2.45, 2.75) is 19.5 Å². The predicted octanol–water partition coefficient (Wildman–Crippen LogP) is 2.49. The van der Waals surface area contributed by atoms with Gasteiger partial charge >= 0.3 is 0 Å². The van der Waals surface area contributed by atoms with E-state index in [0.717, 1.165) is 37.6 Å². The van der Waals surface area contributed by atoms with Crippen LogP contribution in [-0.4, -0.2) is 67.5 Å². The second-order valence-electron chi connectivity index (χ2n) is 8.54. The summed E-state index contributed by atoms with van der Waals surface area (Å²) in [5.74, 6) is 1.06. The van der Waals surface area contributed by atoms with Crippen molar-refractivity contribution < 1.29 is 4.79 Å². The van der Waals surface area contributed by atoms with Crippen LogP contribution in [0.4, 0.5) is 0 Å². The van der Waals surface area contributed by atoms with E-state index in [1.54, 1.807) is 6.07 Å². The summed E-state index contributed by atoms with van der Waals surface area (Å²) in [5.41, 5.74) is 1.69. The highest BCUT2D eigenvalue weighted by Crippen LogP contribution is 2.17. The van der Waals surface area contributed by atoms with Crippen LogP contribution in [0.15, 0.2) is 78.1 Å². The lowest BCUT2D eigenvalue weighted by Gasteiger charge is -2.35. The number of benzene rings is 2. The molecule has 0 aliphatic carbocycles. The summed E-state index contributed by atoms with van der Waals surface area (Å²) >= 11 is 0. The number of imidazole rings is 1. The number of carbonyl (C=O) groups is 1. The number of amides is 1. The van der Waals surface area contributed by atoms with Gasteiger partial charge in [0.15, 0.2) is 0 Å². The number of aryl methyl sites for hydroxylation is 1. The van der Waals surface area contributed by atoms with Crippen molar-refractivity contribution in [3.63, 3.8) is 0 Å². The highest BCUT2D eigenvalue weighted by atomic mass is 16.2. The van der Waals surface area contributed by atoms with Crippen LogP contribution in [0.1, 0.15) is 6.42 Å². The number of carbonyl (C=O) groups excluding carboxylic acids is 1. The molecule has 8 nitrogen and oxygen atoms in total. The fraction of sp³-hybridized carbons (Fsp3) is 0.308. The Morgan fingerprint density at radius 2 is 1.59 bits per heavy atom. The Morgan fingerprint density at radius 1 is 0.824 bits per heavy atom. The first-order valence-electron chi connectivity index (χ1n) is 11.7. The minimum atomic E-state index is -0.0995. The smallest absolute Gasteiger partial charge is 0.261 e. The molecule has 174 valence electrons. The fourth-order valence-corrected chi connectivity index (χ4v) is 4.45. The molecule has 0 spiro atoms. The van der Waals surface area contributed by atoms with Crippen LogP contribution in [0.5, 0.6) is 0 Å². The van der Waals surface area contributed by atoms with Crippen molar-refractivity contribution in [2.24, 2.45) is 0 Å². The average molecular weight is 457 g/mol. The number of aromatic nitrogens is 4. The monoisotopic (exact) mass is 456 g/mol. The van der Waals surface area contributed by atoms with Gasteiger partial charge in [-0.1, -0.05) is 42.5 Å². The molecule has 0 bridgehead atoms. The summed E-state index contributed by atoms with van der Waals surface area (Å²) in [4.78, 5) is 38.5. The van der Waals surface area contributed by atoms with E-state index in [1.165, 1.54) is 10.9 Å². The van der Waals surface area contributed by atoms with Crippen LogP contribution < -0.4 is 5.56 Å². The van der Waals surface area contributed by atoms with Crippen molar-refractivity contribution >= 4 is 16.8 Å². The minimum Gasteiger partial charge on any atom is -0.340 e. The van der Waals surface area contributed by atoms with E-state index in [-0.39, 0.29) is 11.5 Å². The van der Waals surface area contributed by atoms with Gasteiger partial charge in [0.2, 0.25) is 5.91 Å². The van der Waals surface area contributed by atoms with Gasteiger partial charge < -0.3 is 9.47 Å². The van der Waals surface area contributed by atoms with E-state index in [2.05, 4.69) is 31.6 Å². The minimum absolute atomic E-state index is 0.0840. The number of fused-ring (bicyclic) bond motifs is 1. The second kappa shape index (κ2) is 10.0. The molecule has 5 rings (SSSR count). The number of hydrogen-bond donors (Lipinski definition) is 0. The molecule has 1 aliphatic rings. The van der Waals surface area contributed by atoms with Gasteiger partial charge in [-0.25, -0.2) is 9.97 Å². The fourth-order valence-electron chi connectivity index (χ4n) is 4.45. The molecule has 0 atom stereocenters. The van der Waals surface area contributed by atoms with Crippen LogP contribution in [0.25, 0.3) is 22.3 Å². The highest BCUT2D eigenvalue weighted by molar-refractivity contribution is 5.77. The third kappa shape index (κ3) is 4.77. The average Bonchev–Trinajstić information content (AvgIpc) is 3.37. The van der Waals surface area contributed by atoms with Crippen LogP contribution in [0.3, 0.4) is 0 Å². The largest absolute Gasteiger partial charge is 0.340 e. The first-order valence-corrected chi connectivity index (χ1v) is 11.7. The third-order valence-electron chi connectivity index (χ3n) is 6.43. The van der Waals surface area contributed by atoms with E-state index in [0.29, 0.717) is 37.0 Å². The number of para-hydroxylation sites is 1. The summed E-state index contributed by atoms with van der Waals surface area (Å²) in [5, 5.41) is 0.583. The zero-order chi connectivity index (χ0) is 23.3. The number of hydrogen-bond acceptors (Lipinski definition) is 5. The molecule has 1 aliphatic heterocycles. The Labute approximate surface area is 198 Å². The van der Waals surface area contributed by atoms with Gasteiger partial charge in [0.25, 0.3) is 5.56 Å². The van der Waals surface area contributed by atoms with Crippen molar-refractivity contribution in [3.8, 4) is 11.4 Å². The molecule has 1 saturated heterocycles. The standard InChI is InChI=1S/C26H28N6O2/c33-24(10-12-32-20-28-23-9-5-4-8-22(23)26(32)34)30-17-14-29(15-18-30)16-19-31-13-11-27-25(31)21-6-2-1-3-7-21/h1-9,11,13,20H,10,12,14-19H2. The molecule has 3 heterocycles. The predicted molar refractivity (Wildman–Crippen MR) is 131 cm³/mol. The van der Waals surface area contributed by atoms with Gasteiger partial charge in [-0.05, 0) is 12.1 Å². The van der Waals surface area contributed by atoms with Crippen molar-refractivity contribution in [1.82, 2.24) is 28.9 Å². The number of rotatable bonds is 7. The Kier molecular flexibility index (Phi) is 6.49. The zero-order valence-electron chi connectivity index (χ0n) is 19.1. The first kappa shape index (κ1) is 22.0. The molecule has 0 N–H and O–H groups in total. The lowest BCUT2D eigenvalue weighted by atomic mass is 10.2. The summed E-state index contributed by atoms with van der Waals surface area (Å²) in [6.45, 7) is 5.22. The summed E-state index contributed by atoms with van der Waals surface area (Å²) in [6, 6.07) is 17.5. The lowest BCUT2D eigenvalue weighted by Crippen LogP contribution is -2.49. The van der Waals surface area contributed by atoms with Crippen molar-refractivity contribution in [1.29, 1.82) is 0 Å². The van der Waals surface area contributed by atoms with Gasteiger partial charge in [-0.2, -0.15) is 0 Å². The summed E-state index contributed by atoms with van der Waals surface area (Å²) in [7, 11) is 0. The van der Waals surface area contributed by atoms with Gasteiger partial charge in [-0.3, -0.25) is 19.1 Å². The van der Waals surface area contributed by atoms with Gasteiger partial charge in [0.05, 0.1) is 17.2 Å². The summed E-state index contributed by atoms with van der Waals surface area (Å²) in [6.07, 6.45) is 5.70. The zero-order valence-corrected chi connectivity index (χ0v) is 19.1. The normalized spacial score (nSPS) is 14.5. The maximum Gasteiger partial charge on any atom is 0.261 e. The van der Waals surface area contributed by atoms with Crippen LogP contribution in [0, 0.1) is 0 Å². The van der Waals surface area contributed by atoms with Gasteiger partial charge in [0.1, 0.15) is 5.82 Å². The van der Waals surface area contributed by atoms with Crippen molar-refractivity contribution in [3.05, 3.63) is 83.7 Å². The van der Waals surface area contributed by atoms with Crippen molar-refractivity contribution in [2.75, 3.05) is 32.7 Å². The highest BCUT2D eigenvalue weighted by Gasteiger charge is 2.21. The van der Waals surface area contributed by atoms with E-state index in [4.69, 9.17) is 0 Å². The Balaban J connectivity index is 1.11. The lowest BCUT2D eigenvalue weighted by molar-refractivity contribution is -0.133. The quantitative estimate of drug-likeness (QED) is 0.427. The van der Waals surface area contributed by atoms with E-state index < -0.39 is 0 Å². The van der Waals surface area contributed by atoms with Crippen LogP contribution in [0.2, 0.25) is 0 Å². The molecule has 1 fully saturated rings. The van der Waals surface area contributed by atoms with E-state index >= 15 is 0 Å². The molecule has 4 aromatic rings. The molecule has 1 amide bonds. The molecule has 2 aromatic carbocycles. The topological polar surface area (TPSA) is 76.3 Å². The van der Waals surface area contributed by atoms with Crippen LogP contribution in [-0.2, 0) is 17.9 Å².